The van der Waals surface area contributed by atoms with Gasteiger partial charge in [0.2, 0.25) is 10.0 Å². The van der Waals surface area contributed by atoms with Crippen molar-refractivity contribution in [1.82, 2.24) is 19.6 Å². The molecule has 1 unspecified atom stereocenters. The normalized spacial score (nSPS) is 18.1. The van der Waals surface area contributed by atoms with Gasteiger partial charge >= 0.3 is 6.18 Å². The van der Waals surface area contributed by atoms with Gasteiger partial charge in [-0.2, -0.15) is 13.2 Å². The minimum absolute atomic E-state index is 0.00676. The number of benzene rings is 1. The Hall–Kier alpha value is -2.04. The molecule has 10 heteroatoms. The van der Waals surface area contributed by atoms with Gasteiger partial charge in [-0.3, -0.25) is 9.97 Å². The van der Waals surface area contributed by atoms with E-state index in [9.17, 15) is 21.6 Å². The summed E-state index contributed by atoms with van der Waals surface area (Å²) in [6.07, 6.45) is 2.62. The summed E-state index contributed by atoms with van der Waals surface area (Å²) in [4.78, 5) is 8.35. The number of hydrogen-bond donors (Lipinski definition) is 1. The van der Waals surface area contributed by atoms with Crippen molar-refractivity contribution in [3.63, 3.8) is 0 Å². The number of nitrogens with zero attached hydrogens (tertiary/aromatic N) is 3. The third kappa shape index (κ3) is 5.06. The second-order valence-corrected chi connectivity index (χ2v) is 8.77. The van der Waals surface area contributed by atoms with E-state index in [0.717, 1.165) is 12.1 Å². The van der Waals surface area contributed by atoms with Crippen LogP contribution >= 0.6 is 0 Å². The van der Waals surface area contributed by atoms with E-state index < -0.39 is 27.8 Å². The molecular formula is C18H21F3N4O2S. The number of alkyl halides is 3. The quantitative estimate of drug-likeness (QED) is 0.814. The van der Waals surface area contributed by atoms with Gasteiger partial charge in [0.15, 0.2) is 0 Å². The predicted octanol–water partition coefficient (Wildman–Crippen LogP) is 2.60. The average molecular weight is 414 g/mol. The van der Waals surface area contributed by atoms with E-state index in [4.69, 9.17) is 0 Å². The number of sulfonamides is 1. The molecule has 1 aromatic heterocycles. The van der Waals surface area contributed by atoms with Crippen LogP contribution in [0.4, 0.5) is 13.2 Å². The lowest BCUT2D eigenvalue weighted by molar-refractivity contribution is -0.137. The highest BCUT2D eigenvalue weighted by molar-refractivity contribution is 7.88. The summed E-state index contributed by atoms with van der Waals surface area (Å²) in [7, 11) is -3.22. The van der Waals surface area contributed by atoms with Crippen molar-refractivity contribution in [2.75, 3.05) is 19.3 Å². The SMILES string of the molecule is CS(=O)(=O)N1CCC(NC(c2ccc(C(F)(F)F)cc2)c2cnccn2)CC1. The van der Waals surface area contributed by atoms with Crippen molar-refractivity contribution < 1.29 is 21.6 Å². The highest BCUT2D eigenvalue weighted by Gasteiger charge is 2.31. The smallest absolute Gasteiger partial charge is 0.302 e. The van der Waals surface area contributed by atoms with Crippen molar-refractivity contribution >= 4 is 10.0 Å². The van der Waals surface area contributed by atoms with Crippen LogP contribution < -0.4 is 5.32 Å². The van der Waals surface area contributed by atoms with Crippen LogP contribution in [0.5, 0.6) is 0 Å². The maximum absolute atomic E-state index is 12.9. The summed E-state index contributed by atoms with van der Waals surface area (Å²) < 4.78 is 63.3. The van der Waals surface area contributed by atoms with Gasteiger partial charge < -0.3 is 5.32 Å². The first-order valence-corrected chi connectivity index (χ1v) is 10.6. The van der Waals surface area contributed by atoms with Gasteiger partial charge in [-0.05, 0) is 30.5 Å². The molecule has 0 radical (unpaired) electrons. The van der Waals surface area contributed by atoms with Crippen LogP contribution in [0.1, 0.15) is 35.7 Å². The Bertz CT molecular complexity index is 881. The summed E-state index contributed by atoms with van der Waals surface area (Å²) in [5.74, 6) is 0. The standard InChI is InChI=1S/C18H21F3N4O2S/c1-28(26,27)25-10-6-15(7-11-25)24-17(16-12-22-8-9-23-16)13-2-4-14(5-3-13)18(19,20)21/h2-5,8-9,12,15,17,24H,6-7,10-11H2,1H3. The Morgan fingerprint density at radius 2 is 1.79 bits per heavy atom. The van der Waals surface area contributed by atoms with E-state index in [1.54, 1.807) is 6.20 Å². The fraction of sp³-hybridized carbons (Fsp3) is 0.444. The Labute approximate surface area is 161 Å². The molecule has 1 aromatic carbocycles. The van der Waals surface area contributed by atoms with E-state index in [1.807, 2.05) is 0 Å². The van der Waals surface area contributed by atoms with Crippen LogP contribution in [-0.4, -0.2) is 48.1 Å². The zero-order valence-electron chi connectivity index (χ0n) is 15.2. The van der Waals surface area contributed by atoms with E-state index in [2.05, 4.69) is 15.3 Å². The molecule has 6 nitrogen and oxygen atoms in total. The van der Waals surface area contributed by atoms with Crippen LogP contribution in [0.15, 0.2) is 42.9 Å². The van der Waals surface area contributed by atoms with Crippen LogP contribution in [0.25, 0.3) is 0 Å². The summed E-state index contributed by atoms with van der Waals surface area (Å²) in [5.41, 5.74) is 0.516. The van der Waals surface area contributed by atoms with Gasteiger partial charge in [-0.1, -0.05) is 12.1 Å². The molecule has 3 rings (SSSR count). The minimum atomic E-state index is -4.40. The molecule has 0 amide bonds. The minimum Gasteiger partial charge on any atom is -0.302 e. The number of aromatic nitrogens is 2. The fourth-order valence-electron chi connectivity index (χ4n) is 3.27. The zero-order valence-corrected chi connectivity index (χ0v) is 16.0. The van der Waals surface area contributed by atoms with Crippen molar-refractivity contribution in [1.29, 1.82) is 0 Å². The maximum atomic E-state index is 12.9. The predicted molar refractivity (Wildman–Crippen MR) is 97.9 cm³/mol. The Morgan fingerprint density at radius 1 is 1.14 bits per heavy atom. The largest absolute Gasteiger partial charge is 0.416 e. The van der Waals surface area contributed by atoms with Gasteiger partial charge in [-0.15, -0.1) is 0 Å². The molecule has 2 aromatic rings. The van der Waals surface area contributed by atoms with Crippen LogP contribution in [0.2, 0.25) is 0 Å². The van der Waals surface area contributed by atoms with Crippen LogP contribution in [-0.2, 0) is 16.2 Å². The highest BCUT2D eigenvalue weighted by atomic mass is 32.2. The number of hydrogen-bond acceptors (Lipinski definition) is 5. The molecule has 1 fully saturated rings. The molecule has 0 bridgehead atoms. The molecule has 0 aliphatic carbocycles. The molecule has 1 aliphatic heterocycles. The molecule has 152 valence electrons. The third-order valence-electron chi connectivity index (χ3n) is 4.78. The lowest BCUT2D eigenvalue weighted by Gasteiger charge is -2.33. The van der Waals surface area contributed by atoms with Crippen molar-refractivity contribution in [2.24, 2.45) is 0 Å². The van der Waals surface area contributed by atoms with Crippen LogP contribution in [0, 0.1) is 0 Å². The van der Waals surface area contributed by atoms with Gasteiger partial charge in [-0.25, -0.2) is 12.7 Å². The first-order chi connectivity index (χ1) is 13.1. The van der Waals surface area contributed by atoms with Gasteiger partial charge in [0.1, 0.15) is 0 Å². The molecule has 28 heavy (non-hydrogen) atoms. The molecule has 1 N–H and O–H groups in total. The summed E-state index contributed by atoms with van der Waals surface area (Å²) in [6, 6.07) is 4.53. The van der Waals surface area contributed by atoms with Crippen molar-refractivity contribution in [3.8, 4) is 0 Å². The highest BCUT2D eigenvalue weighted by Crippen LogP contribution is 2.31. The lowest BCUT2D eigenvalue weighted by atomic mass is 9.98. The number of nitrogens with one attached hydrogen (secondary N) is 1. The molecule has 1 saturated heterocycles. The van der Waals surface area contributed by atoms with Gasteiger partial charge in [0.25, 0.3) is 0 Å². The first-order valence-electron chi connectivity index (χ1n) is 8.79. The van der Waals surface area contributed by atoms with Crippen molar-refractivity contribution in [2.45, 2.75) is 31.1 Å². The molecule has 1 atom stereocenters. The zero-order chi connectivity index (χ0) is 20.4. The molecular weight excluding hydrogens is 393 g/mol. The second kappa shape index (κ2) is 8.14. The van der Waals surface area contributed by atoms with E-state index >= 15 is 0 Å². The number of halogens is 3. The van der Waals surface area contributed by atoms with Crippen LogP contribution in [0.3, 0.4) is 0 Å². The number of piperidine rings is 1. The molecule has 2 heterocycles. The first kappa shape index (κ1) is 20.7. The topological polar surface area (TPSA) is 75.2 Å². The van der Waals surface area contributed by atoms with E-state index in [1.165, 1.54) is 35.1 Å². The Morgan fingerprint density at radius 3 is 2.29 bits per heavy atom. The Kier molecular flexibility index (Phi) is 6.01. The summed E-state index contributed by atoms with van der Waals surface area (Å²) in [6.45, 7) is 0.799. The fourth-order valence-corrected chi connectivity index (χ4v) is 4.14. The van der Waals surface area contributed by atoms with Gasteiger partial charge in [0.05, 0.1) is 29.8 Å². The van der Waals surface area contributed by atoms with E-state index in [-0.39, 0.29) is 6.04 Å². The average Bonchev–Trinajstić information content (AvgIpc) is 2.66. The molecule has 1 aliphatic rings. The monoisotopic (exact) mass is 414 g/mol. The van der Waals surface area contributed by atoms with Crippen molar-refractivity contribution in [3.05, 3.63) is 59.7 Å². The number of rotatable bonds is 5. The molecule has 0 saturated carbocycles. The summed E-state index contributed by atoms with van der Waals surface area (Å²) in [5, 5.41) is 3.41. The maximum Gasteiger partial charge on any atom is 0.416 e. The van der Waals surface area contributed by atoms with E-state index in [0.29, 0.717) is 37.2 Å². The third-order valence-corrected chi connectivity index (χ3v) is 6.08. The lowest BCUT2D eigenvalue weighted by Crippen LogP contribution is -2.45. The Balaban J connectivity index is 1.79. The summed E-state index contributed by atoms with van der Waals surface area (Å²) >= 11 is 0. The second-order valence-electron chi connectivity index (χ2n) is 6.79. The van der Waals surface area contributed by atoms with Gasteiger partial charge in [0, 0.05) is 31.5 Å². The molecule has 0 spiro atoms.